The highest BCUT2D eigenvalue weighted by atomic mass is 16.5. The molecule has 2 rings (SSSR count). The van der Waals surface area contributed by atoms with Gasteiger partial charge in [0.2, 0.25) is 0 Å². The average Bonchev–Trinajstić information content (AvgIpc) is 2.56. The van der Waals surface area contributed by atoms with E-state index in [0.29, 0.717) is 0 Å². The van der Waals surface area contributed by atoms with Crippen molar-refractivity contribution in [3.8, 4) is 0 Å². The Labute approximate surface area is 83.0 Å². The molecule has 0 aromatic carbocycles. The van der Waals surface area contributed by atoms with Gasteiger partial charge < -0.3 is 9.15 Å². The van der Waals surface area contributed by atoms with Gasteiger partial charge in [-0.2, -0.15) is 0 Å². The Hall–Kier alpha value is -1.25. The van der Waals surface area contributed by atoms with Crippen LogP contribution in [0, 0.1) is 6.92 Å². The van der Waals surface area contributed by atoms with Crippen LogP contribution in [0.4, 0.5) is 0 Å². The Kier molecular flexibility index (Phi) is 2.32. The quantitative estimate of drug-likeness (QED) is 0.643. The minimum absolute atomic E-state index is 0.110. The molecule has 14 heavy (non-hydrogen) atoms. The summed E-state index contributed by atoms with van der Waals surface area (Å²) >= 11 is 0. The minimum atomic E-state index is -0.147. The second-order valence-corrected chi connectivity index (χ2v) is 3.70. The fourth-order valence-electron chi connectivity index (χ4n) is 2.08. The molecule has 0 amide bonds. The zero-order chi connectivity index (χ0) is 10.1. The number of hydrogen-bond acceptors (Lipinski definition) is 3. The molecule has 0 unspecified atom stereocenters. The fraction of sp³-hybridized carbons (Fsp3) is 0.545. The third-order valence-electron chi connectivity index (χ3n) is 2.72. The van der Waals surface area contributed by atoms with E-state index in [2.05, 4.69) is 0 Å². The summed E-state index contributed by atoms with van der Waals surface area (Å²) in [4.78, 5) is 11.5. The van der Waals surface area contributed by atoms with Crippen LogP contribution in [0.15, 0.2) is 10.5 Å². The highest BCUT2D eigenvalue weighted by molar-refractivity contribution is 5.78. The van der Waals surface area contributed by atoms with E-state index in [0.717, 1.165) is 36.3 Å². The van der Waals surface area contributed by atoms with Crippen molar-refractivity contribution >= 4 is 5.97 Å². The van der Waals surface area contributed by atoms with Crippen LogP contribution in [-0.2, 0) is 16.0 Å². The van der Waals surface area contributed by atoms with E-state index < -0.39 is 0 Å². The molecule has 0 fully saturated rings. The standard InChI is InChI=1S/C11H14O3/c1-7-6-9-8(11(12)13-2)4-3-5-10(9)14-7/h6,8H,3-5H2,1-2H3/t8-/m0/s1. The van der Waals surface area contributed by atoms with Crippen LogP contribution < -0.4 is 0 Å². The molecule has 0 N–H and O–H groups in total. The number of carbonyl (C=O) groups is 1. The van der Waals surface area contributed by atoms with Crippen LogP contribution >= 0.6 is 0 Å². The highest BCUT2D eigenvalue weighted by Gasteiger charge is 2.29. The molecule has 0 spiro atoms. The molecule has 1 aromatic heterocycles. The van der Waals surface area contributed by atoms with E-state index in [4.69, 9.17) is 9.15 Å². The second-order valence-electron chi connectivity index (χ2n) is 3.70. The van der Waals surface area contributed by atoms with Gasteiger partial charge in [-0.3, -0.25) is 4.79 Å². The first-order chi connectivity index (χ1) is 6.72. The zero-order valence-corrected chi connectivity index (χ0v) is 8.50. The molecule has 1 aromatic rings. The monoisotopic (exact) mass is 194 g/mol. The summed E-state index contributed by atoms with van der Waals surface area (Å²) in [6, 6.07) is 1.95. The maximum absolute atomic E-state index is 11.5. The lowest BCUT2D eigenvalue weighted by Crippen LogP contribution is -2.18. The van der Waals surface area contributed by atoms with Crippen LogP contribution in [0.2, 0.25) is 0 Å². The number of methoxy groups -OCH3 is 1. The van der Waals surface area contributed by atoms with Crippen molar-refractivity contribution in [2.45, 2.75) is 32.1 Å². The molecule has 0 saturated carbocycles. The molecule has 0 bridgehead atoms. The predicted molar refractivity (Wildman–Crippen MR) is 51.1 cm³/mol. The van der Waals surface area contributed by atoms with Gasteiger partial charge in [0, 0.05) is 12.0 Å². The molecule has 1 aliphatic rings. The predicted octanol–water partition coefficient (Wildman–Crippen LogP) is 2.18. The first-order valence-electron chi connectivity index (χ1n) is 4.89. The van der Waals surface area contributed by atoms with Gasteiger partial charge in [-0.25, -0.2) is 0 Å². The fourth-order valence-corrected chi connectivity index (χ4v) is 2.08. The van der Waals surface area contributed by atoms with Crippen molar-refractivity contribution in [1.29, 1.82) is 0 Å². The normalized spacial score (nSPS) is 20.3. The number of carbonyl (C=O) groups excluding carboxylic acids is 1. The van der Waals surface area contributed by atoms with Crippen molar-refractivity contribution in [2.75, 3.05) is 7.11 Å². The van der Waals surface area contributed by atoms with Crippen molar-refractivity contribution in [1.82, 2.24) is 0 Å². The van der Waals surface area contributed by atoms with Crippen molar-refractivity contribution in [3.63, 3.8) is 0 Å². The van der Waals surface area contributed by atoms with Crippen molar-refractivity contribution in [2.24, 2.45) is 0 Å². The van der Waals surface area contributed by atoms with Crippen LogP contribution in [0.25, 0.3) is 0 Å². The number of fused-ring (bicyclic) bond motifs is 1. The van der Waals surface area contributed by atoms with Crippen LogP contribution in [0.3, 0.4) is 0 Å². The first kappa shape index (κ1) is 9.31. The molecule has 1 atom stereocenters. The molecular weight excluding hydrogens is 180 g/mol. The second kappa shape index (κ2) is 3.48. The number of rotatable bonds is 1. The maximum Gasteiger partial charge on any atom is 0.313 e. The lowest BCUT2D eigenvalue weighted by molar-refractivity contribution is -0.142. The first-order valence-corrected chi connectivity index (χ1v) is 4.89. The third-order valence-corrected chi connectivity index (χ3v) is 2.72. The van der Waals surface area contributed by atoms with Gasteiger partial charge in [0.1, 0.15) is 11.5 Å². The molecule has 3 heteroatoms. The topological polar surface area (TPSA) is 39.4 Å². The third kappa shape index (κ3) is 1.43. The van der Waals surface area contributed by atoms with E-state index in [1.54, 1.807) is 0 Å². The van der Waals surface area contributed by atoms with Crippen molar-refractivity contribution in [3.05, 3.63) is 23.2 Å². The molecule has 0 aliphatic heterocycles. The largest absolute Gasteiger partial charge is 0.469 e. The van der Waals surface area contributed by atoms with E-state index in [1.165, 1.54) is 7.11 Å². The van der Waals surface area contributed by atoms with Crippen molar-refractivity contribution < 1.29 is 13.9 Å². The van der Waals surface area contributed by atoms with Gasteiger partial charge in [0.25, 0.3) is 0 Å². The van der Waals surface area contributed by atoms with Crippen LogP contribution in [0.1, 0.15) is 35.8 Å². The van der Waals surface area contributed by atoms with Gasteiger partial charge in [-0.15, -0.1) is 0 Å². The smallest absolute Gasteiger partial charge is 0.313 e. The van der Waals surface area contributed by atoms with E-state index in [1.807, 2.05) is 13.0 Å². The molecule has 0 radical (unpaired) electrons. The van der Waals surface area contributed by atoms with E-state index in [-0.39, 0.29) is 11.9 Å². The molecular formula is C11H14O3. The summed E-state index contributed by atoms with van der Waals surface area (Å²) in [6.45, 7) is 1.91. The molecule has 3 nitrogen and oxygen atoms in total. The number of aryl methyl sites for hydroxylation is 2. The van der Waals surface area contributed by atoms with Gasteiger partial charge >= 0.3 is 5.97 Å². The van der Waals surface area contributed by atoms with Gasteiger partial charge in [0.15, 0.2) is 0 Å². The molecule has 0 saturated heterocycles. The summed E-state index contributed by atoms with van der Waals surface area (Å²) in [5.41, 5.74) is 1.03. The maximum atomic E-state index is 11.5. The number of hydrogen-bond donors (Lipinski definition) is 0. The Morgan fingerprint density at radius 2 is 2.43 bits per heavy atom. The molecule has 1 heterocycles. The minimum Gasteiger partial charge on any atom is -0.469 e. The molecule has 1 aliphatic carbocycles. The summed E-state index contributed by atoms with van der Waals surface area (Å²) in [5.74, 6) is 1.59. The SMILES string of the molecule is COC(=O)[C@H]1CCCc2oc(C)cc21. The Bertz CT molecular complexity index is 351. The Morgan fingerprint density at radius 1 is 1.64 bits per heavy atom. The number of furan rings is 1. The summed E-state index contributed by atoms with van der Waals surface area (Å²) in [7, 11) is 1.43. The summed E-state index contributed by atoms with van der Waals surface area (Å²) in [6.07, 6.45) is 2.81. The Morgan fingerprint density at radius 3 is 3.14 bits per heavy atom. The average molecular weight is 194 g/mol. The zero-order valence-electron chi connectivity index (χ0n) is 8.50. The lowest BCUT2D eigenvalue weighted by atomic mass is 9.87. The van der Waals surface area contributed by atoms with E-state index >= 15 is 0 Å². The molecule has 76 valence electrons. The van der Waals surface area contributed by atoms with Gasteiger partial charge in [-0.05, 0) is 25.8 Å². The Balaban J connectivity index is 2.34. The van der Waals surface area contributed by atoms with E-state index in [9.17, 15) is 4.79 Å². The van der Waals surface area contributed by atoms with Crippen LogP contribution in [0.5, 0.6) is 0 Å². The lowest BCUT2D eigenvalue weighted by Gasteiger charge is -2.18. The number of esters is 1. The van der Waals surface area contributed by atoms with Gasteiger partial charge in [0.05, 0.1) is 13.0 Å². The summed E-state index contributed by atoms with van der Waals surface area (Å²) in [5, 5.41) is 0. The number of ether oxygens (including phenoxy) is 1. The van der Waals surface area contributed by atoms with Gasteiger partial charge in [-0.1, -0.05) is 0 Å². The summed E-state index contributed by atoms with van der Waals surface area (Å²) < 4.78 is 10.3. The van der Waals surface area contributed by atoms with Crippen LogP contribution in [-0.4, -0.2) is 13.1 Å². The highest BCUT2D eigenvalue weighted by Crippen LogP contribution is 2.34.